The highest BCUT2D eigenvalue weighted by atomic mass is 35.5. The molecule has 0 bridgehead atoms. The molecule has 106 valence electrons. The Balaban J connectivity index is 0.00000133. The van der Waals surface area contributed by atoms with Crippen molar-refractivity contribution in [1.29, 1.82) is 0 Å². The van der Waals surface area contributed by atoms with Crippen molar-refractivity contribution in [3.05, 3.63) is 33.8 Å². The molecule has 19 heavy (non-hydrogen) atoms. The van der Waals surface area contributed by atoms with Crippen LogP contribution in [0.3, 0.4) is 0 Å². The van der Waals surface area contributed by atoms with Gasteiger partial charge in [0.2, 0.25) is 0 Å². The minimum Gasteiger partial charge on any atom is -0.327 e. The van der Waals surface area contributed by atoms with Gasteiger partial charge in [-0.1, -0.05) is 23.2 Å². The average Bonchev–Trinajstić information content (AvgIpc) is 2.87. The lowest BCUT2D eigenvalue weighted by molar-refractivity contribution is 0.298. The summed E-state index contributed by atoms with van der Waals surface area (Å²) in [4.78, 5) is 2.46. The predicted molar refractivity (Wildman–Crippen MR) is 83.2 cm³/mol. The largest absolute Gasteiger partial charge is 0.327 e. The van der Waals surface area contributed by atoms with Gasteiger partial charge in [0.15, 0.2) is 0 Å². The monoisotopic (exact) mass is 320 g/mol. The first kappa shape index (κ1) is 15.4. The minimum absolute atomic E-state index is 0. The molecule has 3 unspecified atom stereocenters. The molecule has 2 fully saturated rings. The second-order valence-corrected chi connectivity index (χ2v) is 6.44. The zero-order chi connectivity index (χ0) is 12.7. The zero-order valence-corrected chi connectivity index (χ0v) is 13.0. The van der Waals surface area contributed by atoms with E-state index in [0.717, 1.165) is 41.2 Å². The van der Waals surface area contributed by atoms with Crippen LogP contribution in [0.25, 0.3) is 0 Å². The highest BCUT2D eigenvalue weighted by Crippen LogP contribution is 2.38. The minimum atomic E-state index is 0. The third kappa shape index (κ3) is 3.20. The van der Waals surface area contributed by atoms with Gasteiger partial charge in [-0.3, -0.25) is 4.90 Å². The lowest BCUT2D eigenvalue weighted by Gasteiger charge is -2.19. The number of likely N-dealkylation sites (tertiary alicyclic amines) is 1. The molecule has 2 aliphatic rings. The normalized spacial score (nSPS) is 30.2. The van der Waals surface area contributed by atoms with Crippen molar-refractivity contribution in [3.63, 3.8) is 0 Å². The van der Waals surface area contributed by atoms with Crippen LogP contribution < -0.4 is 5.73 Å². The number of benzene rings is 1. The van der Waals surface area contributed by atoms with E-state index in [2.05, 4.69) is 4.90 Å². The molecule has 1 heterocycles. The number of hydrogen-bond acceptors (Lipinski definition) is 2. The molecule has 1 saturated carbocycles. The molecule has 0 aromatic heterocycles. The number of nitrogens with zero attached hydrogens (tertiary/aromatic N) is 1. The van der Waals surface area contributed by atoms with E-state index in [-0.39, 0.29) is 12.4 Å². The topological polar surface area (TPSA) is 29.3 Å². The molecule has 3 rings (SSSR count). The number of nitrogens with two attached hydrogens (primary N) is 1. The summed E-state index contributed by atoms with van der Waals surface area (Å²) in [6, 6.07) is 6.08. The molecule has 0 spiro atoms. The van der Waals surface area contributed by atoms with Gasteiger partial charge < -0.3 is 5.73 Å². The second kappa shape index (κ2) is 6.19. The molecule has 1 aliphatic heterocycles. The van der Waals surface area contributed by atoms with E-state index in [0.29, 0.717) is 12.0 Å². The van der Waals surface area contributed by atoms with Gasteiger partial charge >= 0.3 is 0 Å². The van der Waals surface area contributed by atoms with E-state index in [9.17, 15) is 0 Å². The van der Waals surface area contributed by atoms with Crippen LogP contribution in [0.1, 0.15) is 18.4 Å². The molecule has 2 N–H and O–H groups in total. The first-order chi connectivity index (χ1) is 8.63. The fourth-order valence-corrected chi connectivity index (χ4v) is 3.81. The fraction of sp³-hybridized carbons (Fsp3) is 0.571. The number of halogens is 3. The molecule has 3 atom stereocenters. The number of hydrogen-bond donors (Lipinski definition) is 1. The van der Waals surface area contributed by atoms with Crippen LogP contribution in [0.15, 0.2) is 18.2 Å². The Morgan fingerprint density at radius 1 is 1.21 bits per heavy atom. The zero-order valence-electron chi connectivity index (χ0n) is 10.7. The van der Waals surface area contributed by atoms with Crippen LogP contribution >= 0.6 is 35.6 Å². The van der Waals surface area contributed by atoms with Gasteiger partial charge in [-0.15, -0.1) is 12.4 Å². The van der Waals surface area contributed by atoms with Gasteiger partial charge in [0.1, 0.15) is 0 Å². The summed E-state index contributed by atoms with van der Waals surface area (Å²) in [5, 5.41) is 1.56. The van der Waals surface area contributed by atoms with Gasteiger partial charge in [-0.2, -0.15) is 0 Å². The summed E-state index contributed by atoms with van der Waals surface area (Å²) in [6.45, 7) is 3.15. The Morgan fingerprint density at radius 2 is 2.00 bits per heavy atom. The van der Waals surface area contributed by atoms with Crippen molar-refractivity contribution in [2.24, 2.45) is 17.6 Å². The van der Waals surface area contributed by atoms with Gasteiger partial charge in [-0.05, 0) is 48.4 Å². The Bertz CT molecular complexity index is 452. The van der Waals surface area contributed by atoms with Crippen molar-refractivity contribution < 1.29 is 0 Å². The predicted octanol–water partition coefficient (Wildman–Crippen LogP) is 3.58. The van der Waals surface area contributed by atoms with Crippen LogP contribution in [0, 0.1) is 11.8 Å². The Hall–Kier alpha value is 0.01000. The van der Waals surface area contributed by atoms with E-state index in [1.807, 2.05) is 18.2 Å². The summed E-state index contributed by atoms with van der Waals surface area (Å²) in [5.41, 5.74) is 7.28. The standard InChI is InChI=1S/C14H18Cl2N2.ClH/c15-11-2-3-13(16)10(5-11)7-18-6-9-1-4-14(17)12(9)8-18;/h2-3,5,9,12,14H,1,4,6-8,17H2;1H. The van der Waals surface area contributed by atoms with Crippen molar-refractivity contribution in [2.75, 3.05) is 13.1 Å². The molecule has 2 nitrogen and oxygen atoms in total. The molecule has 1 saturated heterocycles. The highest BCUT2D eigenvalue weighted by Gasteiger charge is 2.40. The smallest absolute Gasteiger partial charge is 0.0452 e. The molecule has 1 aliphatic carbocycles. The second-order valence-electron chi connectivity index (χ2n) is 5.59. The third-order valence-corrected chi connectivity index (χ3v) is 4.99. The maximum Gasteiger partial charge on any atom is 0.0452 e. The first-order valence-electron chi connectivity index (χ1n) is 6.55. The van der Waals surface area contributed by atoms with Gasteiger partial charge in [-0.25, -0.2) is 0 Å². The summed E-state index contributed by atoms with van der Waals surface area (Å²) in [7, 11) is 0. The van der Waals surface area contributed by atoms with Crippen molar-refractivity contribution >= 4 is 35.6 Å². The Morgan fingerprint density at radius 3 is 2.74 bits per heavy atom. The Kier molecular flexibility index (Phi) is 5.02. The van der Waals surface area contributed by atoms with E-state index in [4.69, 9.17) is 28.9 Å². The number of fused-ring (bicyclic) bond motifs is 1. The fourth-order valence-electron chi connectivity index (χ4n) is 3.43. The lowest BCUT2D eigenvalue weighted by atomic mass is 9.98. The van der Waals surface area contributed by atoms with Crippen molar-refractivity contribution in [3.8, 4) is 0 Å². The molecule has 0 amide bonds. The molecular weight excluding hydrogens is 303 g/mol. The van der Waals surface area contributed by atoms with E-state index in [1.54, 1.807) is 0 Å². The maximum atomic E-state index is 6.21. The SMILES string of the molecule is Cl.NC1CCC2CN(Cc3cc(Cl)ccc3Cl)CC12. The molecular formula is C14H19Cl3N2. The van der Waals surface area contributed by atoms with Crippen LogP contribution in [-0.2, 0) is 6.54 Å². The van der Waals surface area contributed by atoms with Gasteiger partial charge in [0, 0.05) is 35.7 Å². The molecule has 1 aromatic carbocycles. The van der Waals surface area contributed by atoms with Crippen LogP contribution in [0.5, 0.6) is 0 Å². The maximum absolute atomic E-state index is 6.21. The van der Waals surface area contributed by atoms with E-state index in [1.165, 1.54) is 12.8 Å². The van der Waals surface area contributed by atoms with Crippen molar-refractivity contribution in [1.82, 2.24) is 4.90 Å². The molecule has 5 heteroatoms. The Labute approximate surface area is 130 Å². The lowest BCUT2D eigenvalue weighted by Crippen LogP contribution is -2.30. The molecule has 1 aromatic rings. The van der Waals surface area contributed by atoms with Crippen LogP contribution in [0.2, 0.25) is 10.0 Å². The summed E-state index contributed by atoms with van der Waals surface area (Å²) < 4.78 is 0. The van der Waals surface area contributed by atoms with Crippen LogP contribution in [-0.4, -0.2) is 24.0 Å². The van der Waals surface area contributed by atoms with Gasteiger partial charge in [0.25, 0.3) is 0 Å². The summed E-state index contributed by atoms with van der Waals surface area (Å²) in [5.74, 6) is 1.47. The van der Waals surface area contributed by atoms with Gasteiger partial charge in [0.05, 0.1) is 0 Å². The average molecular weight is 322 g/mol. The number of rotatable bonds is 2. The summed E-state index contributed by atoms with van der Waals surface area (Å²) >= 11 is 12.2. The third-order valence-electron chi connectivity index (χ3n) is 4.39. The van der Waals surface area contributed by atoms with E-state index >= 15 is 0 Å². The van der Waals surface area contributed by atoms with E-state index < -0.39 is 0 Å². The van der Waals surface area contributed by atoms with Crippen LogP contribution in [0.4, 0.5) is 0 Å². The highest BCUT2D eigenvalue weighted by molar-refractivity contribution is 6.33. The first-order valence-corrected chi connectivity index (χ1v) is 7.31. The quantitative estimate of drug-likeness (QED) is 0.902. The molecule has 0 radical (unpaired) electrons. The van der Waals surface area contributed by atoms with Crippen molar-refractivity contribution in [2.45, 2.75) is 25.4 Å². The summed E-state index contributed by atoms with van der Waals surface area (Å²) in [6.07, 6.45) is 2.48.